The zero-order chi connectivity index (χ0) is 22.2. The van der Waals surface area contributed by atoms with E-state index in [1.54, 1.807) is 11.3 Å². The van der Waals surface area contributed by atoms with E-state index in [0.717, 1.165) is 59.5 Å². The standard InChI is InChI=1S/C25H26N2O4S/c28-23(29)15-26-31-24(18-7-3-1-4-8-18)19-11-13-22(14-12-19)30-16-21-17-32-25(27-21)20-9-5-2-6-10-20/h2,5-6,9-15,17-18,24H,1,3-4,7-8,16H2,(H,28,29)/b26-15+. The highest BCUT2D eigenvalue weighted by atomic mass is 32.1. The van der Waals surface area contributed by atoms with Gasteiger partial charge in [-0.25, -0.2) is 9.78 Å². The monoisotopic (exact) mass is 450 g/mol. The second-order valence-electron chi connectivity index (χ2n) is 7.86. The van der Waals surface area contributed by atoms with Gasteiger partial charge in [-0.15, -0.1) is 11.3 Å². The molecule has 1 atom stereocenters. The first-order chi connectivity index (χ1) is 15.7. The minimum Gasteiger partial charge on any atom is -0.487 e. The van der Waals surface area contributed by atoms with Gasteiger partial charge in [0.25, 0.3) is 0 Å². The van der Waals surface area contributed by atoms with E-state index in [0.29, 0.717) is 12.5 Å². The summed E-state index contributed by atoms with van der Waals surface area (Å²) in [5.41, 5.74) is 2.98. The van der Waals surface area contributed by atoms with Crippen molar-refractivity contribution < 1.29 is 19.5 Å². The molecule has 1 N–H and O–H groups in total. The molecule has 1 aliphatic rings. The third kappa shape index (κ3) is 5.95. The topological polar surface area (TPSA) is 81.0 Å². The summed E-state index contributed by atoms with van der Waals surface area (Å²) >= 11 is 1.61. The van der Waals surface area contributed by atoms with E-state index in [9.17, 15) is 4.79 Å². The number of carbonyl (C=O) groups is 1. The molecule has 2 aromatic carbocycles. The fourth-order valence-corrected chi connectivity index (χ4v) is 4.81. The van der Waals surface area contributed by atoms with Gasteiger partial charge in [-0.05, 0) is 30.5 Å². The van der Waals surface area contributed by atoms with Crippen LogP contribution in [-0.4, -0.2) is 22.3 Å². The van der Waals surface area contributed by atoms with Crippen molar-refractivity contribution in [3.05, 3.63) is 71.2 Å². The summed E-state index contributed by atoms with van der Waals surface area (Å²) in [7, 11) is 0. The zero-order valence-corrected chi connectivity index (χ0v) is 18.5. The Hall–Kier alpha value is -3.19. The SMILES string of the molecule is O=C(O)/C=N/OC(c1ccc(OCc2csc(-c3ccccc3)n2)cc1)C1CCCCC1. The third-order valence-electron chi connectivity index (χ3n) is 5.58. The summed E-state index contributed by atoms with van der Waals surface area (Å²) < 4.78 is 5.93. The molecule has 0 bridgehead atoms. The maximum absolute atomic E-state index is 10.8. The molecular formula is C25H26N2O4S. The van der Waals surface area contributed by atoms with Crippen molar-refractivity contribution in [2.24, 2.45) is 11.1 Å². The van der Waals surface area contributed by atoms with Gasteiger partial charge in [0.2, 0.25) is 0 Å². The number of aromatic nitrogens is 1. The molecule has 0 radical (unpaired) electrons. The molecule has 166 valence electrons. The van der Waals surface area contributed by atoms with E-state index in [1.807, 2.05) is 60.0 Å². The summed E-state index contributed by atoms with van der Waals surface area (Å²) in [6, 6.07) is 17.9. The Labute approximate surface area is 191 Å². The Morgan fingerprint density at radius 3 is 2.59 bits per heavy atom. The quantitative estimate of drug-likeness (QED) is 0.315. The van der Waals surface area contributed by atoms with Gasteiger partial charge in [-0.2, -0.15) is 0 Å². The molecule has 32 heavy (non-hydrogen) atoms. The molecule has 1 heterocycles. The van der Waals surface area contributed by atoms with Crippen LogP contribution in [0.1, 0.15) is 49.5 Å². The molecule has 0 saturated heterocycles. The smallest absolute Gasteiger partial charge is 0.350 e. The van der Waals surface area contributed by atoms with E-state index in [1.165, 1.54) is 6.42 Å². The second kappa shape index (κ2) is 10.9. The van der Waals surface area contributed by atoms with E-state index >= 15 is 0 Å². The van der Waals surface area contributed by atoms with Crippen LogP contribution in [0.15, 0.2) is 65.1 Å². The number of carboxylic acids is 1. The predicted molar refractivity (Wildman–Crippen MR) is 125 cm³/mol. The van der Waals surface area contributed by atoms with Crippen LogP contribution in [0, 0.1) is 5.92 Å². The third-order valence-corrected chi connectivity index (χ3v) is 6.52. The second-order valence-corrected chi connectivity index (χ2v) is 8.72. The molecule has 6 nitrogen and oxygen atoms in total. The maximum Gasteiger partial charge on any atom is 0.350 e. The normalized spacial score (nSPS) is 15.5. The van der Waals surface area contributed by atoms with E-state index in [-0.39, 0.29) is 6.10 Å². The molecule has 0 aliphatic heterocycles. The fraction of sp³-hybridized carbons (Fsp3) is 0.320. The van der Waals surface area contributed by atoms with Gasteiger partial charge in [-0.3, -0.25) is 0 Å². The van der Waals surface area contributed by atoms with Crippen LogP contribution < -0.4 is 4.74 Å². The van der Waals surface area contributed by atoms with Gasteiger partial charge in [0.1, 0.15) is 17.4 Å². The molecule has 1 aromatic heterocycles. The van der Waals surface area contributed by atoms with Gasteiger partial charge in [0.15, 0.2) is 12.3 Å². The Kier molecular flexibility index (Phi) is 7.51. The molecule has 3 aromatic rings. The number of nitrogens with zero attached hydrogens (tertiary/aromatic N) is 2. The number of oxime groups is 1. The van der Waals surface area contributed by atoms with Crippen molar-refractivity contribution in [3.8, 4) is 16.3 Å². The summed E-state index contributed by atoms with van der Waals surface area (Å²) in [4.78, 5) is 21.1. The lowest BCUT2D eigenvalue weighted by Crippen LogP contribution is -2.18. The lowest BCUT2D eigenvalue weighted by Gasteiger charge is -2.28. The number of ether oxygens (including phenoxy) is 1. The summed E-state index contributed by atoms with van der Waals surface area (Å²) in [6.45, 7) is 0.397. The number of aliphatic carboxylic acids is 1. The number of thiazole rings is 1. The van der Waals surface area contributed by atoms with Gasteiger partial charge in [0, 0.05) is 16.9 Å². The highest BCUT2D eigenvalue weighted by Gasteiger charge is 2.27. The van der Waals surface area contributed by atoms with Gasteiger partial charge in [-0.1, -0.05) is 66.9 Å². The van der Waals surface area contributed by atoms with Gasteiger partial charge >= 0.3 is 5.97 Å². The number of rotatable bonds is 9. The zero-order valence-electron chi connectivity index (χ0n) is 17.7. The molecule has 1 aliphatic carbocycles. The number of hydrogen-bond acceptors (Lipinski definition) is 6. The van der Waals surface area contributed by atoms with Crippen molar-refractivity contribution in [1.82, 2.24) is 4.98 Å². The summed E-state index contributed by atoms with van der Waals surface area (Å²) in [5.74, 6) is -0.0408. The van der Waals surface area contributed by atoms with Crippen LogP contribution in [0.25, 0.3) is 10.6 Å². The Bertz CT molecular complexity index is 1030. The molecule has 7 heteroatoms. The van der Waals surface area contributed by atoms with Crippen LogP contribution in [0.3, 0.4) is 0 Å². The number of benzene rings is 2. The van der Waals surface area contributed by atoms with Crippen LogP contribution in [-0.2, 0) is 16.2 Å². The van der Waals surface area contributed by atoms with E-state index in [4.69, 9.17) is 14.7 Å². The first kappa shape index (κ1) is 22.0. The van der Waals surface area contributed by atoms with Crippen LogP contribution in [0.5, 0.6) is 5.75 Å². The maximum atomic E-state index is 10.8. The summed E-state index contributed by atoms with van der Waals surface area (Å²) in [5, 5.41) is 15.5. The van der Waals surface area contributed by atoms with Crippen molar-refractivity contribution in [1.29, 1.82) is 0 Å². The predicted octanol–water partition coefficient (Wildman–Crippen LogP) is 6.10. The molecule has 1 unspecified atom stereocenters. The van der Waals surface area contributed by atoms with Crippen molar-refractivity contribution in [2.75, 3.05) is 0 Å². The fourth-order valence-electron chi connectivity index (χ4n) is 3.99. The summed E-state index contributed by atoms with van der Waals surface area (Å²) in [6.07, 6.45) is 6.20. The van der Waals surface area contributed by atoms with Crippen LogP contribution in [0.2, 0.25) is 0 Å². The minimum absolute atomic E-state index is 0.257. The van der Waals surface area contributed by atoms with E-state index < -0.39 is 5.97 Å². The average Bonchev–Trinajstić information content (AvgIpc) is 3.31. The Morgan fingerprint density at radius 2 is 1.88 bits per heavy atom. The van der Waals surface area contributed by atoms with Crippen molar-refractivity contribution in [2.45, 2.75) is 44.8 Å². The number of carboxylic acid groups (broad SMARTS) is 1. The lowest BCUT2D eigenvalue weighted by atomic mass is 9.83. The molecule has 4 rings (SSSR count). The lowest BCUT2D eigenvalue weighted by molar-refractivity contribution is -0.129. The van der Waals surface area contributed by atoms with Crippen LogP contribution in [0.4, 0.5) is 0 Å². The molecule has 0 spiro atoms. The molecule has 1 saturated carbocycles. The van der Waals surface area contributed by atoms with Crippen LogP contribution >= 0.6 is 11.3 Å². The Balaban J connectivity index is 1.39. The van der Waals surface area contributed by atoms with Crippen molar-refractivity contribution >= 4 is 23.5 Å². The Morgan fingerprint density at radius 1 is 1.12 bits per heavy atom. The molecular weight excluding hydrogens is 424 g/mol. The van der Waals surface area contributed by atoms with Gasteiger partial charge in [0.05, 0.1) is 5.69 Å². The van der Waals surface area contributed by atoms with Gasteiger partial charge < -0.3 is 14.7 Å². The van der Waals surface area contributed by atoms with Crippen molar-refractivity contribution in [3.63, 3.8) is 0 Å². The average molecular weight is 451 g/mol. The first-order valence-corrected chi connectivity index (χ1v) is 11.7. The molecule has 0 amide bonds. The first-order valence-electron chi connectivity index (χ1n) is 10.8. The number of hydrogen-bond donors (Lipinski definition) is 1. The molecule has 1 fully saturated rings. The van der Waals surface area contributed by atoms with E-state index in [2.05, 4.69) is 10.1 Å². The minimum atomic E-state index is -1.12. The highest BCUT2D eigenvalue weighted by molar-refractivity contribution is 7.13. The highest BCUT2D eigenvalue weighted by Crippen LogP contribution is 2.37. The largest absolute Gasteiger partial charge is 0.487 e.